The van der Waals surface area contributed by atoms with Crippen LogP contribution in [-0.4, -0.2) is 19.3 Å². The quantitative estimate of drug-likeness (QED) is 0.798. The molecule has 6 nitrogen and oxygen atoms in total. The van der Waals surface area contributed by atoms with Gasteiger partial charge in [-0.2, -0.15) is 0 Å². The molecule has 0 radical (unpaired) electrons. The maximum atomic E-state index is 13.4. The number of thiazole rings is 1. The Hall–Kier alpha value is -1.91. The van der Waals surface area contributed by atoms with Crippen molar-refractivity contribution in [2.45, 2.75) is 18.2 Å². The molecule has 22 heavy (non-hydrogen) atoms. The fourth-order valence-electron chi connectivity index (χ4n) is 1.61. The number of aryl methyl sites for hydroxylation is 1. The summed E-state index contributed by atoms with van der Waals surface area (Å²) in [5, 5.41) is 2.41. The van der Waals surface area contributed by atoms with Crippen molar-refractivity contribution in [3.8, 4) is 0 Å². The first-order chi connectivity index (χ1) is 10.3. The normalized spacial score (nSPS) is 11.4. The summed E-state index contributed by atoms with van der Waals surface area (Å²) >= 11 is 1.34. The van der Waals surface area contributed by atoms with E-state index in [9.17, 15) is 22.0 Å². The van der Waals surface area contributed by atoms with Crippen molar-refractivity contribution in [2.24, 2.45) is 0 Å². The molecule has 0 unspecified atom stereocenters. The number of carbonyl (C=O) groups is 1. The molecule has 0 aliphatic rings. The molecule has 118 valence electrons. The van der Waals surface area contributed by atoms with Crippen LogP contribution in [0.15, 0.2) is 28.5 Å². The number of sulfonamides is 1. The molecule has 0 fully saturated rings. The molecule has 0 atom stereocenters. The first-order valence-electron chi connectivity index (χ1n) is 5.95. The van der Waals surface area contributed by atoms with Crippen LogP contribution in [0.25, 0.3) is 0 Å². The van der Waals surface area contributed by atoms with Crippen molar-refractivity contribution in [1.82, 2.24) is 15.2 Å². The molecule has 0 aliphatic carbocycles. The zero-order valence-corrected chi connectivity index (χ0v) is 12.9. The van der Waals surface area contributed by atoms with E-state index in [-0.39, 0.29) is 6.42 Å². The second kappa shape index (κ2) is 6.46. The highest BCUT2D eigenvalue weighted by atomic mass is 32.2. The topological polar surface area (TPSA) is 88.2 Å². The smallest absolute Gasteiger partial charge is 0.263 e. The second-order valence-corrected chi connectivity index (χ2v) is 6.92. The summed E-state index contributed by atoms with van der Waals surface area (Å²) in [6.07, 6.45) is -0.160. The van der Waals surface area contributed by atoms with Crippen LogP contribution in [0.3, 0.4) is 0 Å². The van der Waals surface area contributed by atoms with Gasteiger partial charge in [0.05, 0.1) is 17.1 Å². The minimum absolute atomic E-state index is 0.160. The Morgan fingerprint density at radius 3 is 2.50 bits per heavy atom. The molecule has 10 heteroatoms. The summed E-state index contributed by atoms with van der Waals surface area (Å²) in [5.74, 6) is -3.21. The third kappa shape index (κ3) is 3.84. The van der Waals surface area contributed by atoms with Crippen LogP contribution >= 0.6 is 11.3 Å². The lowest BCUT2D eigenvalue weighted by Crippen LogP contribution is -2.42. The van der Waals surface area contributed by atoms with Crippen molar-refractivity contribution in [3.63, 3.8) is 0 Å². The summed E-state index contributed by atoms with van der Waals surface area (Å²) in [7, 11) is -4.55. The molecule has 1 aromatic carbocycles. The Labute approximate surface area is 129 Å². The number of hydrazine groups is 1. The largest absolute Gasteiger partial charge is 0.277 e. The molecule has 0 saturated carbocycles. The van der Waals surface area contributed by atoms with E-state index in [1.807, 2.05) is 5.43 Å². The first-order valence-corrected chi connectivity index (χ1v) is 8.31. The number of hydrogen-bond acceptors (Lipinski definition) is 5. The second-order valence-electron chi connectivity index (χ2n) is 4.24. The highest BCUT2D eigenvalue weighted by Crippen LogP contribution is 2.17. The summed E-state index contributed by atoms with van der Waals surface area (Å²) in [6.45, 7) is 1.76. The Bertz CT molecular complexity index is 785. The third-order valence-corrected chi connectivity index (χ3v) is 4.64. The van der Waals surface area contributed by atoms with E-state index in [0.717, 1.165) is 23.2 Å². The number of rotatable bonds is 5. The van der Waals surface area contributed by atoms with E-state index in [4.69, 9.17) is 0 Å². The van der Waals surface area contributed by atoms with Crippen LogP contribution in [0.1, 0.15) is 10.7 Å². The van der Waals surface area contributed by atoms with Gasteiger partial charge in [-0.1, -0.05) is 6.07 Å². The number of aromatic nitrogens is 1. The standard InChI is InChI=1S/C12H11F2N3O3S2/c1-7-15-8(6-21-7)5-11(18)16-17-22(19,20)12-9(13)3-2-4-10(12)14/h2-4,6,17H,5H2,1H3,(H,16,18). The van der Waals surface area contributed by atoms with E-state index in [1.165, 1.54) is 11.3 Å². The van der Waals surface area contributed by atoms with Crippen molar-refractivity contribution in [3.05, 3.63) is 45.9 Å². The van der Waals surface area contributed by atoms with Crippen LogP contribution in [0.2, 0.25) is 0 Å². The maximum absolute atomic E-state index is 13.4. The van der Waals surface area contributed by atoms with Gasteiger partial charge in [0.2, 0.25) is 5.91 Å². The monoisotopic (exact) mass is 347 g/mol. The fourth-order valence-corrected chi connectivity index (χ4v) is 3.22. The Balaban J connectivity index is 2.05. The predicted molar refractivity (Wildman–Crippen MR) is 75.4 cm³/mol. The lowest BCUT2D eigenvalue weighted by molar-refractivity contribution is -0.120. The van der Waals surface area contributed by atoms with Gasteiger partial charge in [-0.25, -0.2) is 22.2 Å². The zero-order chi connectivity index (χ0) is 16.3. The molecule has 2 aromatic rings. The molecule has 1 aromatic heterocycles. The van der Waals surface area contributed by atoms with Gasteiger partial charge >= 0.3 is 0 Å². The van der Waals surface area contributed by atoms with E-state index < -0.39 is 32.5 Å². The van der Waals surface area contributed by atoms with Crippen molar-refractivity contribution < 1.29 is 22.0 Å². The number of benzene rings is 1. The van der Waals surface area contributed by atoms with Gasteiger partial charge in [0.15, 0.2) is 4.90 Å². The van der Waals surface area contributed by atoms with E-state index in [1.54, 1.807) is 17.1 Å². The molecule has 0 aliphatic heterocycles. The minimum Gasteiger partial charge on any atom is -0.277 e. The number of halogens is 2. The maximum Gasteiger partial charge on any atom is 0.263 e. The summed E-state index contributed by atoms with van der Waals surface area (Å²) < 4.78 is 50.5. The lowest BCUT2D eigenvalue weighted by Gasteiger charge is -2.09. The lowest BCUT2D eigenvalue weighted by atomic mass is 10.3. The number of hydrogen-bond donors (Lipinski definition) is 2. The molecule has 1 amide bonds. The number of amides is 1. The molecule has 2 N–H and O–H groups in total. The number of nitrogens with zero attached hydrogens (tertiary/aromatic N) is 1. The van der Waals surface area contributed by atoms with E-state index >= 15 is 0 Å². The van der Waals surface area contributed by atoms with Gasteiger partial charge in [0, 0.05) is 5.38 Å². The first kappa shape index (κ1) is 16.5. The summed E-state index contributed by atoms with van der Waals surface area (Å²) in [4.78, 5) is 16.1. The third-order valence-electron chi connectivity index (χ3n) is 2.52. The molecular formula is C12H11F2N3O3S2. The Morgan fingerprint density at radius 1 is 1.32 bits per heavy atom. The highest BCUT2D eigenvalue weighted by Gasteiger charge is 2.24. The average molecular weight is 347 g/mol. The van der Waals surface area contributed by atoms with Crippen LogP contribution in [0.5, 0.6) is 0 Å². The SMILES string of the molecule is Cc1nc(CC(=O)NNS(=O)(=O)c2c(F)cccc2F)cs1. The molecule has 0 bridgehead atoms. The Kier molecular flexibility index (Phi) is 4.84. The summed E-state index contributed by atoms with van der Waals surface area (Å²) in [5.41, 5.74) is 2.36. The van der Waals surface area contributed by atoms with Gasteiger partial charge in [-0.05, 0) is 19.1 Å². The fraction of sp³-hybridized carbons (Fsp3) is 0.167. The van der Waals surface area contributed by atoms with E-state index in [0.29, 0.717) is 5.69 Å². The Morgan fingerprint density at radius 2 is 1.95 bits per heavy atom. The van der Waals surface area contributed by atoms with Crippen molar-refractivity contribution in [1.29, 1.82) is 0 Å². The van der Waals surface area contributed by atoms with Gasteiger partial charge in [-0.3, -0.25) is 10.2 Å². The number of nitrogens with one attached hydrogen (secondary N) is 2. The zero-order valence-electron chi connectivity index (χ0n) is 11.3. The summed E-state index contributed by atoms with van der Waals surface area (Å²) in [6, 6.07) is 2.64. The highest BCUT2D eigenvalue weighted by molar-refractivity contribution is 7.89. The average Bonchev–Trinajstić information content (AvgIpc) is 2.81. The molecule has 1 heterocycles. The van der Waals surface area contributed by atoms with Crippen molar-refractivity contribution in [2.75, 3.05) is 0 Å². The minimum atomic E-state index is -4.55. The molecule has 2 rings (SSSR count). The van der Waals surface area contributed by atoms with Gasteiger partial charge in [0.25, 0.3) is 10.0 Å². The van der Waals surface area contributed by atoms with Crippen LogP contribution in [0, 0.1) is 18.6 Å². The van der Waals surface area contributed by atoms with Gasteiger partial charge < -0.3 is 0 Å². The van der Waals surface area contributed by atoms with Gasteiger partial charge in [-0.15, -0.1) is 16.2 Å². The van der Waals surface area contributed by atoms with Crippen LogP contribution < -0.4 is 10.3 Å². The van der Waals surface area contributed by atoms with Gasteiger partial charge in [0.1, 0.15) is 11.6 Å². The molecule has 0 saturated heterocycles. The van der Waals surface area contributed by atoms with Crippen LogP contribution in [0.4, 0.5) is 8.78 Å². The van der Waals surface area contributed by atoms with Crippen molar-refractivity contribution >= 4 is 27.3 Å². The molecular weight excluding hydrogens is 336 g/mol. The van der Waals surface area contributed by atoms with Crippen LogP contribution in [-0.2, 0) is 21.2 Å². The predicted octanol–water partition coefficient (Wildman–Crippen LogP) is 1.28. The number of carbonyl (C=O) groups excluding carboxylic acids is 1. The molecule has 0 spiro atoms. The van der Waals surface area contributed by atoms with E-state index in [2.05, 4.69) is 4.98 Å².